The molecule has 1 aromatic heterocycles. The van der Waals surface area contributed by atoms with Gasteiger partial charge in [0.2, 0.25) is 0 Å². The van der Waals surface area contributed by atoms with E-state index < -0.39 is 0 Å². The summed E-state index contributed by atoms with van der Waals surface area (Å²) in [6, 6.07) is 8.74. The first-order valence-electron chi connectivity index (χ1n) is 7.02. The highest BCUT2D eigenvalue weighted by atomic mass is 79.9. The maximum atomic E-state index is 4.47. The normalized spacial score (nSPS) is 12.4. The topological polar surface area (TPSA) is 37.8 Å². The Morgan fingerprint density at radius 3 is 2.43 bits per heavy atom. The molecule has 0 amide bonds. The summed E-state index contributed by atoms with van der Waals surface area (Å²) in [6.07, 6.45) is 0. The number of nitrogens with zero attached hydrogens (tertiary/aromatic N) is 2. The van der Waals surface area contributed by atoms with E-state index in [1.165, 1.54) is 5.56 Å². The Labute approximate surface area is 139 Å². The van der Waals surface area contributed by atoms with Gasteiger partial charge in [-0.05, 0) is 62.8 Å². The van der Waals surface area contributed by atoms with Gasteiger partial charge in [-0.3, -0.25) is 0 Å². The highest BCUT2D eigenvalue weighted by Gasteiger charge is 2.10. The van der Waals surface area contributed by atoms with Crippen LogP contribution in [0, 0.1) is 13.8 Å². The van der Waals surface area contributed by atoms with E-state index in [-0.39, 0.29) is 0 Å². The summed E-state index contributed by atoms with van der Waals surface area (Å²) in [7, 11) is 0. The summed E-state index contributed by atoms with van der Waals surface area (Å²) < 4.78 is 1.12. The summed E-state index contributed by atoms with van der Waals surface area (Å²) in [5.74, 6) is 0. The number of halogens is 1. The molecule has 0 saturated heterocycles. The van der Waals surface area contributed by atoms with Crippen molar-refractivity contribution < 1.29 is 0 Å². The fourth-order valence-corrected chi connectivity index (χ4v) is 3.96. The van der Waals surface area contributed by atoms with E-state index in [1.54, 1.807) is 11.8 Å². The van der Waals surface area contributed by atoms with Crippen molar-refractivity contribution in [3.8, 4) is 0 Å². The quantitative estimate of drug-likeness (QED) is 0.780. The van der Waals surface area contributed by atoms with Gasteiger partial charge in [0.15, 0.2) is 5.16 Å². The second-order valence-electron chi connectivity index (χ2n) is 5.00. The van der Waals surface area contributed by atoms with Gasteiger partial charge < -0.3 is 5.32 Å². The molecule has 0 aliphatic carbocycles. The Bertz CT molecular complexity index is 611. The van der Waals surface area contributed by atoms with Crippen LogP contribution < -0.4 is 5.32 Å². The van der Waals surface area contributed by atoms with Gasteiger partial charge in [-0.1, -0.05) is 28.9 Å². The van der Waals surface area contributed by atoms with Crippen LogP contribution in [0.3, 0.4) is 0 Å². The number of nitrogens with one attached hydrogen (secondary N) is 1. The fourth-order valence-electron chi connectivity index (χ4n) is 2.18. The van der Waals surface area contributed by atoms with Crippen molar-refractivity contribution in [2.45, 2.75) is 43.8 Å². The van der Waals surface area contributed by atoms with Crippen molar-refractivity contribution >= 4 is 27.7 Å². The van der Waals surface area contributed by atoms with E-state index in [9.17, 15) is 0 Å². The average molecular weight is 366 g/mol. The maximum Gasteiger partial charge on any atom is 0.192 e. The van der Waals surface area contributed by atoms with Crippen LogP contribution in [0.5, 0.6) is 0 Å². The standard InChI is InChI=1S/C16H20BrN3S/c1-5-18-12(4)14-7-6-13(9-15(14)17)21-16-19-10(2)8-11(3)20-16/h6-9,12,18H,5H2,1-4H3. The molecule has 0 bridgehead atoms. The number of aromatic nitrogens is 2. The molecular formula is C16H20BrN3S. The molecule has 0 spiro atoms. The Morgan fingerprint density at radius 2 is 1.86 bits per heavy atom. The maximum absolute atomic E-state index is 4.47. The zero-order valence-corrected chi connectivity index (χ0v) is 15.2. The minimum Gasteiger partial charge on any atom is -0.310 e. The van der Waals surface area contributed by atoms with Crippen molar-refractivity contribution in [3.05, 3.63) is 45.7 Å². The first-order chi connectivity index (χ1) is 9.99. The zero-order chi connectivity index (χ0) is 15.4. The second-order valence-corrected chi connectivity index (χ2v) is 6.89. The summed E-state index contributed by atoms with van der Waals surface area (Å²) in [6.45, 7) is 9.24. The SMILES string of the molecule is CCNC(C)c1ccc(Sc2nc(C)cc(C)n2)cc1Br. The average Bonchev–Trinajstić information content (AvgIpc) is 2.37. The lowest BCUT2D eigenvalue weighted by Gasteiger charge is -2.15. The van der Waals surface area contributed by atoms with Crippen molar-refractivity contribution in [2.24, 2.45) is 0 Å². The van der Waals surface area contributed by atoms with Gasteiger partial charge >= 0.3 is 0 Å². The number of hydrogen-bond acceptors (Lipinski definition) is 4. The molecule has 0 saturated carbocycles. The van der Waals surface area contributed by atoms with Crippen LogP contribution in [0.25, 0.3) is 0 Å². The Balaban J connectivity index is 2.20. The molecule has 5 heteroatoms. The minimum atomic E-state index is 0.334. The van der Waals surface area contributed by atoms with Gasteiger partial charge in [-0.2, -0.15) is 0 Å². The summed E-state index contributed by atoms with van der Waals surface area (Å²) in [5, 5.41) is 4.22. The number of aryl methyl sites for hydroxylation is 2. The summed E-state index contributed by atoms with van der Waals surface area (Å²) in [5.41, 5.74) is 3.27. The van der Waals surface area contributed by atoms with E-state index in [2.05, 4.69) is 63.3 Å². The first-order valence-corrected chi connectivity index (χ1v) is 8.63. The third-order valence-corrected chi connectivity index (χ3v) is 4.66. The van der Waals surface area contributed by atoms with Crippen LogP contribution in [0.4, 0.5) is 0 Å². The molecule has 0 fully saturated rings. The summed E-state index contributed by atoms with van der Waals surface area (Å²) in [4.78, 5) is 10.1. The first kappa shape index (κ1) is 16.5. The third-order valence-electron chi connectivity index (χ3n) is 3.12. The Morgan fingerprint density at radius 1 is 1.19 bits per heavy atom. The molecule has 1 unspecified atom stereocenters. The van der Waals surface area contributed by atoms with Gasteiger partial charge in [-0.25, -0.2) is 9.97 Å². The highest BCUT2D eigenvalue weighted by molar-refractivity contribution is 9.10. The van der Waals surface area contributed by atoms with E-state index in [1.807, 2.05) is 19.9 Å². The lowest BCUT2D eigenvalue weighted by Crippen LogP contribution is -2.18. The molecule has 2 rings (SSSR count). The lowest BCUT2D eigenvalue weighted by molar-refractivity contribution is 0.595. The predicted octanol–water partition coefficient (Wildman–Crippen LogP) is 4.68. The number of benzene rings is 1. The molecule has 3 nitrogen and oxygen atoms in total. The second kappa shape index (κ2) is 7.38. The van der Waals surface area contributed by atoms with Crippen molar-refractivity contribution in [2.75, 3.05) is 6.54 Å². The van der Waals surface area contributed by atoms with Crippen LogP contribution >= 0.6 is 27.7 Å². The number of hydrogen-bond donors (Lipinski definition) is 1. The van der Waals surface area contributed by atoms with Crippen LogP contribution in [-0.2, 0) is 0 Å². The molecule has 0 aliphatic rings. The molecular weight excluding hydrogens is 346 g/mol. The lowest BCUT2D eigenvalue weighted by atomic mass is 10.1. The Hall–Kier alpha value is -0.910. The van der Waals surface area contributed by atoms with E-state index in [4.69, 9.17) is 0 Å². The van der Waals surface area contributed by atoms with E-state index >= 15 is 0 Å². The molecule has 1 heterocycles. The molecule has 1 atom stereocenters. The van der Waals surface area contributed by atoms with Gasteiger partial charge in [-0.15, -0.1) is 0 Å². The molecule has 2 aromatic rings. The monoisotopic (exact) mass is 365 g/mol. The highest BCUT2D eigenvalue weighted by Crippen LogP contribution is 2.31. The van der Waals surface area contributed by atoms with Crippen molar-refractivity contribution in [1.82, 2.24) is 15.3 Å². The predicted molar refractivity (Wildman–Crippen MR) is 91.9 cm³/mol. The Kier molecular flexibility index (Phi) is 5.79. The molecule has 112 valence electrons. The summed E-state index contributed by atoms with van der Waals surface area (Å²) >= 11 is 5.26. The molecule has 0 aliphatic heterocycles. The van der Waals surface area contributed by atoms with Crippen LogP contribution in [-0.4, -0.2) is 16.5 Å². The number of rotatable bonds is 5. The molecule has 21 heavy (non-hydrogen) atoms. The largest absolute Gasteiger partial charge is 0.310 e. The van der Waals surface area contributed by atoms with Gasteiger partial charge in [0.25, 0.3) is 0 Å². The zero-order valence-electron chi connectivity index (χ0n) is 12.8. The van der Waals surface area contributed by atoms with Crippen LogP contribution in [0.2, 0.25) is 0 Å². The van der Waals surface area contributed by atoms with Crippen molar-refractivity contribution in [1.29, 1.82) is 0 Å². The van der Waals surface area contributed by atoms with Crippen LogP contribution in [0.1, 0.15) is 36.8 Å². The van der Waals surface area contributed by atoms with E-state index in [0.29, 0.717) is 6.04 Å². The van der Waals surface area contributed by atoms with Crippen LogP contribution in [0.15, 0.2) is 38.8 Å². The van der Waals surface area contributed by atoms with E-state index in [0.717, 1.165) is 32.5 Å². The molecule has 1 N–H and O–H groups in total. The van der Waals surface area contributed by atoms with Gasteiger partial charge in [0, 0.05) is 26.8 Å². The van der Waals surface area contributed by atoms with Crippen molar-refractivity contribution in [3.63, 3.8) is 0 Å². The smallest absolute Gasteiger partial charge is 0.192 e. The van der Waals surface area contributed by atoms with Gasteiger partial charge in [0.1, 0.15) is 0 Å². The minimum absolute atomic E-state index is 0.334. The molecule has 1 aromatic carbocycles. The molecule has 0 radical (unpaired) electrons. The fraction of sp³-hybridized carbons (Fsp3) is 0.375. The van der Waals surface area contributed by atoms with Gasteiger partial charge in [0.05, 0.1) is 0 Å². The third kappa shape index (κ3) is 4.53.